The number of likely N-dealkylation sites (N-methyl/N-ethyl adjacent to an activating group) is 1. The molecule has 10 heteroatoms. The van der Waals surface area contributed by atoms with Crippen LogP contribution in [0.5, 0.6) is 0 Å². The second-order valence-corrected chi connectivity index (χ2v) is 10.3. The fraction of sp³-hybridized carbons (Fsp3) is 0.292. The highest BCUT2D eigenvalue weighted by Crippen LogP contribution is 2.17. The van der Waals surface area contributed by atoms with Gasteiger partial charge in [-0.05, 0) is 31.3 Å². The molecule has 0 saturated heterocycles. The molecule has 1 aromatic heterocycles. The number of rotatable bonds is 11. The number of carbonyl (C=O) groups is 2. The van der Waals surface area contributed by atoms with Gasteiger partial charge in [0, 0.05) is 43.0 Å². The van der Waals surface area contributed by atoms with Crippen molar-refractivity contribution in [3.8, 4) is 0 Å². The average Bonchev–Trinajstić information content (AvgIpc) is 3.22. The fourth-order valence-electron chi connectivity index (χ4n) is 3.34. The van der Waals surface area contributed by atoms with Gasteiger partial charge >= 0.3 is 0 Å². The zero-order valence-electron chi connectivity index (χ0n) is 19.3. The summed E-state index contributed by atoms with van der Waals surface area (Å²) in [5.74, 6) is -0.488. The van der Waals surface area contributed by atoms with Crippen molar-refractivity contribution < 1.29 is 18.0 Å². The smallest absolute Gasteiger partial charge is 0.251 e. The normalized spacial score (nSPS) is 11.9. The number of hydrogen-bond acceptors (Lipinski definition) is 6. The van der Waals surface area contributed by atoms with Crippen molar-refractivity contribution in [3.63, 3.8) is 0 Å². The summed E-state index contributed by atoms with van der Waals surface area (Å²) in [5, 5.41) is 10.9. The second-order valence-electron chi connectivity index (χ2n) is 8.03. The van der Waals surface area contributed by atoms with Gasteiger partial charge in [-0.25, -0.2) is 8.42 Å². The van der Waals surface area contributed by atoms with Crippen LogP contribution in [0.4, 0.5) is 5.69 Å². The molecule has 0 fully saturated rings. The standard InChI is InChI=1S/C24H29N5O4S/c1-28(16-17-34(2,32)33)18-23(30)25-14-15-29(19-8-4-3-5-9-19)24(31)13-12-22-20-10-6-7-11-21(20)26-27-22/h3-13H,14-18H2,1-2H3,(H,25,30)(H,26,27)/b13-12+. The van der Waals surface area contributed by atoms with Gasteiger partial charge in [-0.15, -0.1) is 0 Å². The molecule has 180 valence electrons. The number of aromatic nitrogens is 2. The Bertz CT molecular complexity index is 1250. The molecule has 3 rings (SSSR count). The number of aromatic amines is 1. The minimum Gasteiger partial charge on any atom is -0.353 e. The molecule has 0 aliphatic heterocycles. The van der Waals surface area contributed by atoms with Crippen molar-refractivity contribution >= 4 is 44.3 Å². The van der Waals surface area contributed by atoms with Crippen LogP contribution in [-0.2, 0) is 19.4 Å². The lowest BCUT2D eigenvalue weighted by Crippen LogP contribution is -2.41. The summed E-state index contributed by atoms with van der Waals surface area (Å²) in [6.45, 7) is 0.861. The minimum absolute atomic E-state index is 0.00924. The van der Waals surface area contributed by atoms with E-state index in [0.29, 0.717) is 11.4 Å². The Balaban J connectivity index is 1.60. The van der Waals surface area contributed by atoms with Crippen molar-refractivity contribution in [1.82, 2.24) is 20.4 Å². The van der Waals surface area contributed by atoms with E-state index >= 15 is 0 Å². The van der Waals surface area contributed by atoms with E-state index in [1.165, 1.54) is 12.3 Å². The van der Waals surface area contributed by atoms with Gasteiger partial charge in [-0.2, -0.15) is 5.10 Å². The number of sulfone groups is 1. The van der Waals surface area contributed by atoms with Crippen molar-refractivity contribution in [2.24, 2.45) is 0 Å². The molecule has 0 aliphatic rings. The van der Waals surface area contributed by atoms with Crippen LogP contribution in [0.25, 0.3) is 17.0 Å². The molecule has 34 heavy (non-hydrogen) atoms. The molecule has 0 unspecified atom stereocenters. The third-order valence-corrected chi connectivity index (χ3v) is 6.06. The molecule has 2 amide bonds. The predicted octanol–water partition coefficient (Wildman–Crippen LogP) is 1.70. The highest BCUT2D eigenvalue weighted by Gasteiger charge is 2.15. The number of benzene rings is 2. The highest BCUT2D eigenvalue weighted by atomic mass is 32.2. The molecule has 0 radical (unpaired) electrons. The highest BCUT2D eigenvalue weighted by molar-refractivity contribution is 7.90. The van der Waals surface area contributed by atoms with Gasteiger partial charge < -0.3 is 10.2 Å². The van der Waals surface area contributed by atoms with Gasteiger partial charge in [0.05, 0.1) is 23.5 Å². The Morgan fingerprint density at radius 2 is 1.76 bits per heavy atom. The van der Waals surface area contributed by atoms with Crippen LogP contribution in [0, 0.1) is 0 Å². The predicted molar refractivity (Wildman–Crippen MR) is 134 cm³/mol. The molecule has 0 atom stereocenters. The van der Waals surface area contributed by atoms with Crippen LogP contribution in [0.1, 0.15) is 5.69 Å². The Morgan fingerprint density at radius 3 is 2.50 bits per heavy atom. The maximum absolute atomic E-state index is 13.0. The zero-order chi connectivity index (χ0) is 24.6. The Hall–Kier alpha value is -3.50. The van der Waals surface area contributed by atoms with Gasteiger partial charge in [-0.3, -0.25) is 19.6 Å². The first-order valence-electron chi connectivity index (χ1n) is 10.8. The van der Waals surface area contributed by atoms with Gasteiger partial charge in [0.1, 0.15) is 9.84 Å². The van der Waals surface area contributed by atoms with Crippen molar-refractivity contribution in [3.05, 3.63) is 66.4 Å². The van der Waals surface area contributed by atoms with E-state index in [0.717, 1.165) is 10.9 Å². The molecule has 2 aromatic carbocycles. The van der Waals surface area contributed by atoms with Crippen molar-refractivity contribution in [2.75, 3.05) is 50.1 Å². The van der Waals surface area contributed by atoms with E-state index in [2.05, 4.69) is 15.5 Å². The number of nitrogens with one attached hydrogen (secondary N) is 2. The lowest BCUT2D eigenvalue weighted by molar-refractivity contribution is -0.122. The van der Waals surface area contributed by atoms with E-state index in [1.807, 2.05) is 54.6 Å². The Morgan fingerprint density at radius 1 is 1.06 bits per heavy atom. The van der Waals surface area contributed by atoms with Gasteiger partial charge in [0.25, 0.3) is 5.91 Å². The van der Waals surface area contributed by atoms with Crippen LogP contribution in [-0.4, -0.2) is 80.6 Å². The summed E-state index contributed by atoms with van der Waals surface area (Å²) in [6.07, 6.45) is 4.31. The number of fused-ring (bicyclic) bond motifs is 1. The minimum atomic E-state index is -3.09. The summed E-state index contributed by atoms with van der Waals surface area (Å²) < 4.78 is 22.6. The number of H-pyrrole nitrogens is 1. The van der Waals surface area contributed by atoms with Crippen LogP contribution < -0.4 is 10.2 Å². The molecule has 0 aliphatic carbocycles. The first-order chi connectivity index (χ1) is 16.2. The molecular weight excluding hydrogens is 454 g/mol. The number of anilines is 1. The first-order valence-corrected chi connectivity index (χ1v) is 12.9. The van der Waals surface area contributed by atoms with Gasteiger partial charge in [0.2, 0.25) is 5.91 Å². The lowest BCUT2D eigenvalue weighted by atomic mass is 10.2. The van der Waals surface area contributed by atoms with E-state index < -0.39 is 9.84 Å². The molecule has 2 N–H and O–H groups in total. The van der Waals surface area contributed by atoms with Crippen LogP contribution in [0.2, 0.25) is 0 Å². The molecule has 0 spiro atoms. The summed E-state index contributed by atoms with van der Waals surface area (Å²) in [4.78, 5) is 28.5. The van der Waals surface area contributed by atoms with Crippen LogP contribution >= 0.6 is 0 Å². The number of amides is 2. The maximum Gasteiger partial charge on any atom is 0.251 e. The zero-order valence-corrected chi connectivity index (χ0v) is 20.1. The van der Waals surface area contributed by atoms with Crippen molar-refractivity contribution in [1.29, 1.82) is 0 Å². The fourth-order valence-corrected chi connectivity index (χ4v) is 3.98. The van der Waals surface area contributed by atoms with E-state index in [9.17, 15) is 18.0 Å². The molecule has 9 nitrogen and oxygen atoms in total. The third-order valence-electron chi connectivity index (χ3n) is 5.13. The van der Waals surface area contributed by atoms with Crippen LogP contribution in [0.15, 0.2) is 60.7 Å². The first kappa shape index (κ1) is 25.1. The molecule has 3 aromatic rings. The molecule has 1 heterocycles. The molecule has 0 bridgehead atoms. The molecule has 0 saturated carbocycles. The summed E-state index contributed by atoms with van der Waals surface area (Å²) in [7, 11) is -1.40. The Kier molecular flexibility index (Phi) is 8.55. The summed E-state index contributed by atoms with van der Waals surface area (Å²) in [6, 6.07) is 16.9. The topological polar surface area (TPSA) is 115 Å². The maximum atomic E-state index is 13.0. The van der Waals surface area contributed by atoms with Crippen molar-refractivity contribution in [2.45, 2.75) is 0 Å². The van der Waals surface area contributed by atoms with E-state index in [1.54, 1.807) is 22.9 Å². The van der Waals surface area contributed by atoms with Crippen LogP contribution in [0.3, 0.4) is 0 Å². The number of carbonyl (C=O) groups excluding carboxylic acids is 2. The summed E-state index contributed by atoms with van der Waals surface area (Å²) in [5.41, 5.74) is 2.27. The lowest BCUT2D eigenvalue weighted by Gasteiger charge is -2.22. The summed E-state index contributed by atoms with van der Waals surface area (Å²) >= 11 is 0. The number of nitrogens with zero attached hydrogens (tertiary/aromatic N) is 3. The SMILES string of the molecule is CN(CCS(C)(=O)=O)CC(=O)NCCN(C(=O)/C=C/c1n[nH]c2ccccc12)c1ccccc1. The number of hydrogen-bond donors (Lipinski definition) is 2. The quantitative estimate of drug-likeness (QED) is 0.401. The average molecular weight is 484 g/mol. The monoisotopic (exact) mass is 483 g/mol. The van der Waals surface area contributed by atoms with E-state index in [-0.39, 0.29) is 43.7 Å². The molecular formula is C24H29N5O4S. The Labute approximate surface area is 199 Å². The number of para-hydroxylation sites is 2. The third kappa shape index (κ3) is 7.53. The van der Waals surface area contributed by atoms with Gasteiger partial charge in [0.15, 0.2) is 0 Å². The second kappa shape index (κ2) is 11.6. The van der Waals surface area contributed by atoms with Gasteiger partial charge in [-0.1, -0.05) is 36.4 Å². The van der Waals surface area contributed by atoms with E-state index in [4.69, 9.17) is 0 Å². The largest absolute Gasteiger partial charge is 0.353 e.